The van der Waals surface area contributed by atoms with Crippen molar-refractivity contribution in [2.24, 2.45) is 0 Å². The van der Waals surface area contributed by atoms with E-state index in [-0.39, 0.29) is 5.41 Å². The Bertz CT molecular complexity index is 4460. The predicted octanol–water partition coefficient (Wildman–Crippen LogP) is 51.4. The van der Waals surface area contributed by atoms with Crippen LogP contribution in [0, 0.1) is 0 Å². The lowest BCUT2D eigenvalue weighted by Crippen LogP contribution is -2.25. The van der Waals surface area contributed by atoms with Gasteiger partial charge in [0.25, 0.3) is 0 Å². The van der Waals surface area contributed by atoms with E-state index in [1.165, 1.54) is 156 Å². The minimum absolute atomic E-state index is 0.180. The van der Waals surface area contributed by atoms with Crippen LogP contribution in [0.1, 0.15) is 493 Å². The fraction of sp³-hybridized carbons (Fsp3) is 0.458. The summed E-state index contributed by atoms with van der Waals surface area (Å²) in [5.41, 5.74) is 42.7. The lowest BCUT2D eigenvalue weighted by atomic mass is 9.70. The van der Waals surface area contributed by atoms with Crippen LogP contribution in [-0.4, -0.2) is 0 Å². The van der Waals surface area contributed by atoms with E-state index in [1.807, 2.05) is 415 Å². The summed E-state index contributed by atoms with van der Waals surface area (Å²) in [6.07, 6.45) is 5.44. The molecule has 1 spiro atoms. The van der Waals surface area contributed by atoms with Crippen molar-refractivity contribution in [3.8, 4) is 89.0 Å². The van der Waals surface area contributed by atoms with E-state index in [0.717, 1.165) is 32.1 Å². The quantitative estimate of drug-likeness (QED) is 0.154. The summed E-state index contributed by atoms with van der Waals surface area (Å²) >= 11 is 0. The van der Waals surface area contributed by atoms with Crippen LogP contribution in [0.2, 0.25) is 0 Å². The fourth-order valence-electron chi connectivity index (χ4n) is 15.6. The second kappa shape index (κ2) is 120. The molecule has 20 rings (SSSR count). The maximum atomic E-state index is 2.43. The van der Waals surface area contributed by atoms with Crippen molar-refractivity contribution in [2.45, 2.75) is 453 Å². The molecule has 13 aromatic carbocycles. The summed E-state index contributed by atoms with van der Waals surface area (Å²) in [5.74, 6) is 0. The number of hydrogen-bond acceptors (Lipinski definition) is 0. The Morgan fingerprint density at radius 3 is 0.507 bits per heavy atom. The molecule has 0 heterocycles. The van der Waals surface area contributed by atoms with Gasteiger partial charge in [0.15, 0.2) is 0 Å². The first-order valence-electron chi connectivity index (χ1n) is 59.9. The minimum atomic E-state index is -0.180. The molecule has 0 N–H and O–H groups in total. The SMILES string of the molecule is CC.CC.CC.CC.CC.CC.CC.CC.CC.CC.CC.CC.CC.CC.CC.CC.CC.CC.CC.CC.CC.CC.CC.CC.CC.CC.CC.CC.CC.CC.c1ccc(-c2ccc3c(c2)-c2ccccc2C3)cc1.c1ccc2c(c1)-c1ccccc1C21c2ccccc2-c2ccccc21.c1ccc2c(c1)Cc1c-2ccc2c1Cc1ccccc1-2.c1ccc2c(c1)Cc1cc3c(cc1-2)Cc1ccccc1-3. The van der Waals surface area contributed by atoms with Crippen LogP contribution >= 0.6 is 0 Å². The highest BCUT2D eigenvalue weighted by atomic mass is 14.5. The first-order valence-corrected chi connectivity index (χ1v) is 59.9. The van der Waals surface area contributed by atoms with Crippen molar-refractivity contribution < 1.29 is 0 Å². The van der Waals surface area contributed by atoms with E-state index in [2.05, 4.69) is 291 Å². The molecule has 0 aliphatic heterocycles. The summed E-state index contributed by atoms with van der Waals surface area (Å²) in [6, 6.07) is 107. The van der Waals surface area contributed by atoms with Crippen molar-refractivity contribution in [2.75, 3.05) is 0 Å². The van der Waals surface area contributed by atoms with E-state index >= 15 is 0 Å². The third-order valence-electron chi connectivity index (χ3n) is 19.3. The van der Waals surface area contributed by atoms with Crippen LogP contribution in [0.3, 0.4) is 0 Å². The van der Waals surface area contributed by atoms with Gasteiger partial charge < -0.3 is 0 Å². The molecule has 0 amide bonds. The van der Waals surface area contributed by atoms with Gasteiger partial charge in [-0.25, -0.2) is 0 Å². The molecule has 0 atom stereocenters. The molecular formula is C144H238. The second-order valence-electron chi connectivity index (χ2n) is 23.6. The van der Waals surface area contributed by atoms with E-state index in [4.69, 9.17) is 0 Å². The van der Waals surface area contributed by atoms with Crippen molar-refractivity contribution in [1.82, 2.24) is 0 Å². The van der Waals surface area contributed by atoms with Crippen molar-refractivity contribution >= 4 is 0 Å². The molecule has 0 saturated heterocycles. The Morgan fingerprint density at radius 2 is 0.278 bits per heavy atom. The standard InChI is InChI=1S/C25H16.2C20H14.C19H14.30C2H6/c1-5-13-21-17(9-1)18-10-2-6-14-22(18)25(21)23-15-7-3-11-19(23)20-12-4-8-16-24(20)25;1-3-7-17-13(5-1)9-15-11-20-16(12-19(15)17)10-14-6-2-4-8-18(14)20;1-3-7-15-13(5-1)11-19-17(15)9-10-18-16-8-4-2-6-14(16)12-20(18)19;1-2-6-14(7-3-1)15-10-11-17-12-16-8-4-5-9-18(16)19(17)13-15;30*1-2/h1-16H;1-8,11-12H,9-10H2;1-10H,11-12H2;1-11,13H,12H2;30*1-2H3. The van der Waals surface area contributed by atoms with Gasteiger partial charge in [-0.2, -0.15) is 0 Å². The Balaban J connectivity index is -0.000000111. The average Bonchev–Trinajstić information content (AvgIpc) is 1.51. The Morgan fingerprint density at radius 1 is 0.111 bits per heavy atom. The number of rotatable bonds is 1. The highest BCUT2D eigenvalue weighted by Crippen LogP contribution is 2.62. The summed E-state index contributed by atoms with van der Waals surface area (Å²) in [6.45, 7) is 120. The van der Waals surface area contributed by atoms with E-state index < -0.39 is 0 Å². The molecule has 0 nitrogen and oxygen atoms in total. The maximum absolute atomic E-state index is 2.43. The molecule has 7 aliphatic carbocycles. The predicted molar refractivity (Wildman–Crippen MR) is 689 cm³/mol. The normalized spacial score (nSPS) is 9.17. The van der Waals surface area contributed by atoms with Crippen LogP contribution in [0.25, 0.3) is 89.0 Å². The summed E-state index contributed by atoms with van der Waals surface area (Å²) < 4.78 is 0. The Hall–Kier alpha value is -10.1. The van der Waals surface area contributed by atoms with Gasteiger partial charge in [0.1, 0.15) is 0 Å². The van der Waals surface area contributed by atoms with Crippen molar-refractivity contribution in [3.05, 3.63) is 369 Å². The topological polar surface area (TPSA) is 0 Å². The van der Waals surface area contributed by atoms with E-state index in [1.54, 1.807) is 11.1 Å². The molecule has 0 unspecified atom stereocenters. The zero-order valence-electron chi connectivity index (χ0n) is 107. The van der Waals surface area contributed by atoms with Gasteiger partial charge in [-0.3, -0.25) is 0 Å². The van der Waals surface area contributed by atoms with Gasteiger partial charge in [0.05, 0.1) is 5.41 Å². The molecule has 0 fully saturated rings. The molecule has 0 aromatic heterocycles. The maximum Gasteiger partial charge on any atom is 0.0725 e. The lowest BCUT2D eigenvalue weighted by Gasteiger charge is -2.30. The number of benzene rings is 13. The number of hydrogen-bond donors (Lipinski definition) is 0. The molecule has 814 valence electrons. The van der Waals surface area contributed by atoms with Gasteiger partial charge >= 0.3 is 0 Å². The zero-order valence-corrected chi connectivity index (χ0v) is 107. The molecule has 0 saturated carbocycles. The average molecular weight is 1970 g/mol. The summed E-state index contributed by atoms with van der Waals surface area (Å²) in [7, 11) is 0. The Kier molecular flexibility index (Phi) is 137. The molecule has 144 heavy (non-hydrogen) atoms. The second-order valence-corrected chi connectivity index (χ2v) is 23.6. The van der Waals surface area contributed by atoms with Crippen molar-refractivity contribution in [3.63, 3.8) is 0 Å². The molecule has 7 aliphatic rings. The lowest BCUT2D eigenvalue weighted by molar-refractivity contribution is 0.794. The largest absolute Gasteiger partial charge is 0.0725 e. The van der Waals surface area contributed by atoms with Gasteiger partial charge in [-0.1, -0.05) is 688 Å². The van der Waals surface area contributed by atoms with Gasteiger partial charge in [-0.15, -0.1) is 0 Å². The first-order chi connectivity index (χ1) is 71.7. The third-order valence-corrected chi connectivity index (χ3v) is 19.3. The minimum Gasteiger partial charge on any atom is -0.0683 e. The summed E-state index contributed by atoms with van der Waals surface area (Å²) in [5, 5.41) is 0. The van der Waals surface area contributed by atoms with E-state index in [9.17, 15) is 0 Å². The molecule has 0 heteroatoms. The zero-order chi connectivity index (χ0) is 115. The van der Waals surface area contributed by atoms with Gasteiger partial charge in [0, 0.05) is 0 Å². The van der Waals surface area contributed by atoms with Gasteiger partial charge in [0.2, 0.25) is 0 Å². The molecule has 0 bridgehead atoms. The Labute approximate surface area is 904 Å². The van der Waals surface area contributed by atoms with Crippen LogP contribution in [0.15, 0.2) is 291 Å². The fourth-order valence-corrected chi connectivity index (χ4v) is 15.6. The van der Waals surface area contributed by atoms with E-state index in [0.29, 0.717) is 0 Å². The number of fused-ring (bicyclic) bond motifs is 26. The monoisotopic (exact) mass is 1970 g/mol. The van der Waals surface area contributed by atoms with Crippen LogP contribution < -0.4 is 0 Å². The van der Waals surface area contributed by atoms with Crippen LogP contribution in [0.5, 0.6) is 0 Å². The molecule has 13 aromatic rings. The van der Waals surface area contributed by atoms with Crippen molar-refractivity contribution in [1.29, 1.82) is 0 Å². The molecule has 0 radical (unpaired) electrons. The third kappa shape index (κ3) is 47.1. The summed E-state index contributed by atoms with van der Waals surface area (Å²) in [4.78, 5) is 0. The highest BCUT2D eigenvalue weighted by molar-refractivity contribution is 5.95. The van der Waals surface area contributed by atoms with Crippen LogP contribution in [-0.2, 0) is 37.5 Å². The highest BCUT2D eigenvalue weighted by Gasteiger charge is 2.51. The first kappa shape index (κ1) is 164. The van der Waals surface area contributed by atoms with Crippen LogP contribution in [0.4, 0.5) is 0 Å². The molecular weight excluding hydrogens is 1730 g/mol. The smallest absolute Gasteiger partial charge is 0.0683 e. The van der Waals surface area contributed by atoms with Gasteiger partial charge in [-0.05, 0) is 217 Å².